The maximum Gasteiger partial charge on any atom is 0.335 e. The van der Waals surface area contributed by atoms with Gasteiger partial charge in [0.05, 0.1) is 0 Å². The highest BCUT2D eigenvalue weighted by atomic mass is 16.5. The summed E-state index contributed by atoms with van der Waals surface area (Å²) in [6, 6.07) is 11.4. The minimum absolute atomic E-state index is 0.372. The lowest BCUT2D eigenvalue weighted by Crippen LogP contribution is -2.37. The highest BCUT2D eigenvalue weighted by molar-refractivity contribution is 5.89. The molecule has 0 aliphatic carbocycles. The highest BCUT2D eigenvalue weighted by Gasteiger charge is 2.11. The first-order chi connectivity index (χ1) is 10.9. The summed E-state index contributed by atoms with van der Waals surface area (Å²) in [5.74, 6) is 6.30. The lowest BCUT2D eigenvalue weighted by Gasteiger charge is -2.17. The minimum atomic E-state index is -0.372. The van der Waals surface area contributed by atoms with Gasteiger partial charge in [0.15, 0.2) is 0 Å². The fourth-order valence-electron chi connectivity index (χ4n) is 2.33. The van der Waals surface area contributed by atoms with E-state index < -0.39 is 0 Å². The number of anilines is 1. The van der Waals surface area contributed by atoms with Crippen LogP contribution in [0.25, 0.3) is 0 Å². The Morgan fingerprint density at radius 1 is 1.17 bits per heavy atom. The van der Waals surface area contributed by atoms with Gasteiger partial charge in [-0.1, -0.05) is 29.8 Å². The van der Waals surface area contributed by atoms with Gasteiger partial charge in [0.1, 0.15) is 12.4 Å². The molecule has 2 rings (SSSR count). The molecule has 23 heavy (non-hydrogen) atoms. The quantitative estimate of drug-likeness (QED) is 0.515. The molecule has 5 nitrogen and oxygen atoms in total. The van der Waals surface area contributed by atoms with Gasteiger partial charge in [-0.25, -0.2) is 10.6 Å². The van der Waals surface area contributed by atoms with Gasteiger partial charge in [-0.2, -0.15) is 0 Å². The number of hydrogen-bond donors (Lipinski definition) is 2. The van der Waals surface area contributed by atoms with Crippen LogP contribution in [0.15, 0.2) is 36.4 Å². The van der Waals surface area contributed by atoms with Crippen LogP contribution in [0, 0.1) is 20.8 Å². The number of ether oxygens (including phenoxy) is 1. The molecule has 0 bridgehead atoms. The van der Waals surface area contributed by atoms with Crippen molar-refractivity contribution in [3.63, 3.8) is 0 Å². The molecule has 3 N–H and O–H groups in total. The topological polar surface area (TPSA) is 67.6 Å². The van der Waals surface area contributed by atoms with Gasteiger partial charge in [0.25, 0.3) is 0 Å². The van der Waals surface area contributed by atoms with Gasteiger partial charge in [0, 0.05) is 18.3 Å². The molecule has 0 aliphatic rings. The predicted molar refractivity (Wildman–Crippen MR) is 92.4 cm³/mol. The van der Waals surface area contributed by atoms with E-state index in [1.54, 1.807) is 0 Å². The van der Waals surface area contributed by atoms with Gasteiger partial charge in [-0.05, 0) is 44.0 Å². The van der Waals surface area contributed by atoms with Gasteiger partial charge >= 0.3 is 6.03 Å². The van der Waals surface area contributed by atoms with E-state index in [4.69, 9.17) is 10.6 Å². The first kappa shape index (κ1) is 16.8. The number of benzene rings is 2. The molecule has 0 aliphatic heterocycles. The molecule has 0 aromatic heterocycles. The number of carbonyl (C=O) groups excluding carboxylic acids is 1. The Kier molecular flexibility index (Phi) is 5.24. The van der Waals surface area contributed by atoms with Crippen molar-refractivity contribution in [1.29, 1.82) is 0 Å². The van der Waals surface area contributed by atoms with Crippen LogP contribution in [0.1, 0.15) is 22.3 Å². The van der Waals surface area contributed by atoms with E-state index in [-0.39, 0.29) is 6.03 Å². The average Bonchev–Trinajstić information content (AvgIpc) is 2.48. The van der Waals surface area contributed by atoms with Crippen molar-refractivity contribution >= 4 is 11.7 Å². The number of aryl methyl sites for hydroxylation is 3. The van der Waals surface area contributed by atoms with Crippen LogP contribution >= 0.6 is 0 Å². The van der Waals surface area contributed by atoms with E-state index >= 15 is 0 Å². The van der Waals surface area contributed by atoms with Crippen LogP contribution in [0.4, 0.5) is 10.5 Å². The van der Waals surface area contributed by atoms with Gasteiger partial charge in [0.2, 0.25) is 0 Å². The van der Waals surface area contributed by atoms with E-state index in [0.29, 0.717) is 12.3 Å². The molecule has 0 saturated carbocycles. The molecule has 0 fully saturated rings. The van der Waals surface area contributed by atoms with Crippen LogP contribution in [0.3, 0.4) is 0 Å². The largest absolute Gasteiger partial charge is 0.489 e. The van der Waals surface area contributed by atoms with Gasteiger partial charge in [-0.15, -0.1) is 0 Å². The van der Waals surface area contributed by atoms with Crippen LogP contribution in [-0.4, -0.2) is 18.1 Å². The molecule has 0 radical (unpaired) electrons. The zero-order chi connectivity index (χ0) is 17.0. The summed E-state index contributed by atoms with van der Waals surface area (Å²) in [4.78, 5) is 11.8. The third-order valence-electron chi connectivity index (χ3n) is 3.67. The normalized spacial score (nSPS) is 10.3. The Hall–Kier alpha value is -2.53. The number of nitrogens with two attached hydrogens (primary N) is 1. The Bertz CT molecular complexity index is 711. The van der Waals surface area contributed by atoms with Crippen LogP contribution < -0.4 is 15.9 Å². The van der Waals surface area contributed by atoms with Crippen LogP contribution in [0.5, 0.6) is 5.75 Å². The van der Waals surface area contributed by atoms with Crippen molar-refractivity contribution in [2.75, 3.05) is 12.4 Å². The number of rotatable bonds is 4. The van der Waals surface area contributed by atoms with Crippen molar-refractivity contribution in [2.24, 2.45) is 5.84 Å². The second kappa shape index (κ2) is 7.15. The number of nitrogens with one attached hydrogen (secondary N) is 1. The fourth-order valence-corrected chi connectivity index (χ4v) is 2.33. The first-order valence-corrected chi connectivity index (χ1v) is 7.46. The summed E-state index contributed by atoms with van der Waals surface area (Å²) >= 11 is 0. The molecule has 2 amide bonds. The number of hydrogen-bond acceptors (Lipinski definition) is 3. The first-order valence-electron chi connectivity index (χ1n) is 7.46. The second-order valence-corrected chi connectivity index (χ2v) is 5.70. The summed E-state index contributed by atoms with van der Waals surface area (Å²) in [7, 11) is 1.50. The lowest BCUT2D eigenvalue weighted by molar-refractivity contribution is 0.223. The van der Waals surface area contributed by atoms with Crippen molar-refractivity contribution in [3.05, 3.63) is 58.7 Å². The Morgan fingerprint density at radius 2 is 1.91 bits per heavy atom. The van der Waals surface area contributed by atoms with Crippen molar-refractivity contribution in [2.45, 2.75) is 27.4 Å². The minimum Gasteiger partial charge on any atom is -0.489 e. The molecular weight excluding hydrogens is 290 g/mol. The van der Waals surface area contributed by atoms with E-state index in [2.05, 4.69) is 18.3 Å². The van der Waals surface area contributed by atoms with Gasteiger partial charge < -0.3 is 10.1 Å². The Balaban J connectivity index is 2.20. The zero-order valence-electron chi connectivity index (χ0n) is 14.0. The summed E-state index contributed by atoms with van der Waals surface area (Å²) in [5.41, 5.74) is 4.97. The molecule has 122 valence electrons. The fraction of sp³-hybridized carbons (Fsp3) is 0.278. The number of nitrogens with zero attached hydrogens (tertiary/aromatic N) is 1. The molecule has 0 heterocycles. The standard InChI is InChI=1S/C18H23N3O2/c1-12-8-9-17(14(3)10-12)23-11-15-13(2)6-5-7-16(15)20-18(22)21(4)19/h5-10H,11,19H2,1-4H3,(H,20,22). The number of amides is 2. The summed E-state index contributed by atoms with van der Waals surface area (Å²) in [5, 5.41) is 3.80. The molecule has 5 heteroatoms. The smallest absolute Gasteiger partial charge is 0.335 e. The molecule has 0 spiro atoms. The molecular formula is C18H23N3O2. The van der Waals surface area contributed by atoms with Crippen LogP contribution in [-0.2, 0) is 6.61 Å². The maximum absolute atomic E-state index is 11.8. The summed E-state index contributed by atoms with van der Waals surface area (Å²) < 4.78 is 5.95. The zero-order valence-corrected chi connectivity index (χ0v) is 14.0. The van der Waals surface area contributed by atoms with Gasteiger partial charge in [-0.3, -0.25) is 5.01 Å². The molecule has 2 aromatic rings. The number of carbonyl (C=O) groups is 1. The van der Waals surface area contributed by atoms with E-state index in [1.807, 2.05) is 44.2 Å². The Morgan fingerprint density at radius 3 is 2.57 bits per heavy atom. The maximum atomic E-state index is 11.8. The van der Waals surface area contributed by atoms with Crippen molar-refractivity contribution < 1.29 is 9.53 Å². The predicted octanol–water partition coefficient (Wildman–Crippen LogP) is 3.53. The SMILES string of the molecule is Cc1ccc(OCc2c(C)cccc2NC(=O)N(C)N)c(C)c1. The van der Waals surface area contributed by atoms with Crippen molar-refractivity contribution in [3.8, 4) is 5.75 Å². The van der Waals surface area contributed by atoms with E-state index in [1.165, 1.54) is 12.6 Å². The third kappa shape index (κ3) is 4.23. The van der Waals surface area contributed by atoms with Crippen molar-refractivity contribution in [1.82, 2.24) is 5.01 Å². The average molecular weight is 313 g/mol. The third-order valence-corrected chi connectivity index (χ3v) is 3.67. The molecule has 0 unspecified atom stereocenters. The highest BCUT2D eigenvalue weighted by Crippen LogP contribution is 2.24. The van der Waals surface area contributed by atoms with E-state index in [9.17, 15) is 4.79 Å². The summed E-state index contributed by atoms with van der Waals surface area (Å²) in [6.07, 6.45) is 0. The summed E-state index contributed by atoms with van der Waals surface area (Å²) in [6.45, 7) is 6.43. The van der Waals surface area contributed by atoms with E-state index in [0.717, 1.165) is 27.4 Å². The molecule has 0 saturated heterocycles. The molecule has 2 aromatic carbocycles. The monoisotopic (exact) mass is 313 g/mol. The second-order valence-electron chi connectivity index (χ2n) is 5.70. The lowest BCUT2D eigenvalue weighted by atomic mass is 10.1. The van der Waals surface area contributed by atoms with Crippen LogP contribution in [0.2, 0.25) is 0 Å². The molecule has 0 atom stereocenters. The Labute approximate surface area is 137 Å². The number of hydrazine groups is 1. The number of urea groups is 1.